The van der Waals surface area contributed by atoms with Crippen molar-refractivity contribution in [2.24, 2.45) is 0 Å². The molecule has 0 saturated heterocycles. The summed E-state index contributed by atoms with van der Waals surface area (Å²) >= 11 is 1.41. The van der Waals surface area contributed by atoms with Gasteiger partial charge in [-0.2, -0.15) is 0 Å². The minimum absolute atomic E-state index is 0.0636. The minimum atomic E-state index is -0.231. The van der Waals surface area contributed by atoms with Crippen molar-refractivity contribution in [1.29, 1.82) is 0 Å². The third-order valence-electron chi connectivity index (χ3n) is 2.75. The molecule has 3 N–H and O–H groups in total. The normalized spacial score (nSPS) is 10.4. The van der Waals surface area contributed by atoms with Crippen LogP contribution in [-0.2, 0) is 4.79 Å². The van der Waals surface area contributed by atoms with E-state index in [0.29, 0.717) is 23.8 Å². The Hall–Kier alpha value is -2.15. The first kappa shape index (κ1) is 15.2. The van der Waals surface area contributed by atoms with Crippen molar-refractivity contribution in [3.63, 3.8) is 0 Å². The molecule has 0 bridgehead atoms. The lowest BCUT2D eigenvalue weighted by Crippen LogP contribution is -2.29. The number of carbonyl (C=O) groups is 2. The number of benzene rings is 1. The van der Waals surface area contributed by atoms with Crippen LogP contribution < -0.4 is 16.0 Å². The van der Waals surface area contributed by atoms with Crippen molar-refractivity contribution >= 4 is 44.3 Å². The van der Waals surface area contributed by atoms with Crippen LogP contribution in [-0.4, -0.2) is 23.5 Å². The first-order chi connectivity index (χ1) is 10.1. The Morgan fingerprint density at radius 1 is 1.24 bits per heavy atom. The molecule has 1 heterocycles. The van der Waals surface area contributed by atoms with Gasteiger partial charge in [0.1, 0.15) is 0 Å². The molecule has 1 aromatic carbocycles. The molecule has 0 radical (unpaired) electrons. The van der Waals surface area contributed by atoms with Gasteiger partial charge in [0.2, 0.25) is 5.91 Å². The summed E-state index contributed by atoms with van der Waals surface area (Å²) in [5, 5.41) is 8.81. The minimum Gasteiger partial charge on any atom is -0.338 e. The van der Waals surface area contributed by atoms with Crippen molar-refractivity contribution in [2.75, 3.05) is 17.2 Å². The number of carbonyl (C=O) groups excluding carboxylic acids is 2. The zero-order valence-electron chi connectivity index (χ0n) is 12.0. The molecule has 7 heteroatoms. The number of rotatable bonds is 5. The maximum absolute atomic E-state index is 11.6. The van der Waals surface area contributed by atoms with Crippen molar-refractivity contribution in [3.05, 3.63) is 18.2 Å². The topological polar surface area (TPSA) is 83.1 Å². The average molecular weight is 306 g/mol. The highest BCUT2D eigenvalue weighted by Gasteiger charge is 2.08. The van der Waals surface area contributed by atoms with Crippen molar-refractivity contribution in [3.8, 4) is 0 Å². The first-order valence-electron chi connectivity index (χ1n) is 6.87. The van der Waals surface area contributed by atoms with Gasteiger partial charge in [-0.15, -0.1) is 0 Å². The van der Waals surface area contributed by atoms with E-state index in [1.165, 1.54) is 11.3 Å². The fraction of sp³-hybridized carbons (Fsp3) is 0.357. The summed E-state index contributed by atoms with van der Waals surface area (Å²) in [5.41, 5.74) is 1.43. The Bertz CT molecular complexity index is 653. The zero-order chi connectivity index (χ0) is 15.2. The smallest absolute Gasteiger partial charge is 0.319 e. The molecule has 0 fully saturated rings. The van der Waals surface area contributed by atoms with Gasteiger partial charge in [-0.3, -0.25) is 4.79 Å². The van der Waals surface area contributed by atoms with Crippen LogP contribution in [0.2, 0.25) is 0 Å². The van der Waals surface area contributed by atoms with Gasteiger partial charge in [-0.1, -0.05) is 25.2 Å². The molecule has 3 amide bonds. The molecule has 6 nitrogen and oxygen atoms in total. The summed E-state index contributed by atoms with van der Waals surface area (Å²) in [7, 11) is 0. The molecule has 1 aromatic heterocycles. The van der Waals surface area contributed by atoms with Gasteiger partial charge in [0, 0.05) is 18.7 Å². The second-order valence-electron chi connectivity index (χ2n) is 4.48. The number of anilines is 2. The Labute approximate surface area is 127 Å². The number of nitrogens with zero attached hydrogens (tertiary/aromatic N) is 1. The molecular weight excluding hydrogens is 288 g/mol. The lowest BCUT2D eigenvalue weighted by atomic mass is 10.3. The van der Waals surface area contributed by atoms with E-state index >= 15 is 0 Å². The quantitative estimate of drug-likeness (QED) is 0.793. The van der Waals surface area contributed by atoms with Crippen LogP contribution in [0.3, 0.4) is 0 Å². The summed E-state index contributed by atoms with van der Waals surface area (Å²) in [5.74, 6) is -0.0636. The monoisotopic (exact) mass is 306 g/mol. The molecule has 0 aliphatic heterocycles. The predicted molar refractivity (Wildman–Crippen MR) is 85.9 cm³/mol. The van der Waals surface area contributed by atoms with Crippen LogP contribution in [0, 0.1) is 0 Å². The van der Waals surface area contributed by atoms with E-state index in [2.05, 4.69) is 20.9 Å². The summed E-state index contributed by atoms with van der Waals surface area (Å²) in [6, 6.07) is 5.26. The van der Waals surface area contributed by atoms with Gasteiger partial charge in [-0.05, 0) is 24.6 Å². The molecule has 0 spiro atoms. The number of hydrogen-bond acceptors (Lipinski definition) is 4. The summed E-state index contributed by atoms with van der Waals surface area (Å²) in [4.78, 5) is 27.3. The number of amides is 3. The Morgan fingerprint density at radius 2 is 2.05 bits per heavy atom. The van der Waals surface area contributed by atoms with E-state index < -0.39 is 0 Å². The molecule has 112 valence electrons. The first-order valence-corrected chi connectivity index (χ1v) is 7.69. The third-order valence-corrected chi connectivity index (χ3v) is 3.70. The largest absolute Gasteiger partial charge is 0.338 e. The number of nitrogens with one attached hydrogen (secondary N) is 3. The second-order valence-corrected chi connectivity index (χ2v) is 5.51. The number of aromatic nitrogens is 1. The predicted octanol–water partition coefficient (Wildman–Crippen LogP) is 3.18. The fourth-order valence-corrected chi connectivity index (χ4v) is 2.54. The van der Waals surface area contributed by atoms with Crippen molar-refractivity contribution < 1.29 is 9.59 Å². The molecule has 2 aromatic rings. The van der Waals surface area contributed by atoms with Crippen LogP contribution >= 0.6 is 11.3 Å². The third kappa shape index (κ3) is 4.16. The molecular formula is C14H18N4O2S. The molecule has 2 rings (SSSR count). The lowest BCUT2D eigenvalue weighted by molar-refractivity contribution is -0.115. The van der Waals surface area contributed by atoms with Crippen LogP contribution in [0.15, 0.2) is 18.2 Å². The van der Waals surface area contributed by atoms with Gasteiger partial charge in [0.15, 0.2) is 5.13 Å². The maximum Gasteiger partial charge on any atom is 0.319 e. The Kier molecular flexibility index (Phi) is 5.10. The average Bonchev–Trinajstić information content (AvgIpc) is 2.86. The van der Waals surface area contributed by atoms with E-state index in [4.69, 9.17) is 0 Å². The molecule has 21 heavy (non-hydrogen) atoms. The van der Waals surface area contributed by atoms with Crippen LogP contribution in [0.4, 0.5) is 15.6 Å². The fourth-order valence-electron chi connectivity index (χ4n) is 1.68. The Morgan fingerprint density at radius 3 is 2.76 bits per heavy atom. The van der Waals surface area contributed by atoms with Crippen LogP contribution in [0.25, 0.3) is 10.2 Å². The highest BCUT2D eigenvalue weighted by molar-refractivity contribution is 7.22. The molecule has 0 saturated carbocycles. The van der Waals surface area contributed by atoms with E-state index in [0.717, 1.165) is 16.6 Å². The number of hydrogen-bond donors (Lipinski definition) is 3. The second kappa shape index (κ2) is 7.03. The maximum atomic E-state index is 11.6. The SMILES string of the molecule is CCCNC(=O)Nc1ccc2sc(NC(=O)CC)nc2c1. The zero-order valence-corrected chi connectivity index (χ0v) is 12.8. The highest BCUT2D eigenvalue weighted by atomic mass is 32.1. The van der Waals surface area contributed by atoms with Crippen LogP contribution in [0.1, 0.15) is 26.7 Å². The summed E-state index contributed by atoms with van der Waals surface area (Å²) < 4.78 is 0.959. The van der Waals surface area contributed by atoms with Crippen molar-refractivity contribution in [2.45, 2.75) is 26.7 Å². The van der Waals surface area contributed by atoms with E-state index in [-0.39, 0.29) is 11.9 Å². The van der Waals surface area contributed by atoms with E-state index in [1.807, 2.05) is 19.1 Å². The van der Waals surface area contributed by atoms with E-state index in [1.54, 1.807) is 13.0 Å². The standard InChI is InChI=1S/C14H18N4O2S/c1-3-7-15-13(20)16-9-5-6-11-10(8-9)17-14(21-11)18-12(19)4-2/h5-6,8H,3-4,7H2,1-2H3,(H2,15,16,20)(H,17,18,19). The number of thiazole rings is 1. The van der Waals surface area contributed by atoms with Gasteiger partial charge in [0.05, 0.1) is 10.2 Å². The molecule has 0 aliphatic rings. The van der Waals surface area contributed by atoms with Crippen LogP contribution in [0.5, 0.6) is 0 Å². The lowest BCUT2D eigenvalue weighted by Gasteiger charge is -2.06. The molecule has 0 unspecified atom stereocenters. The molecule has 0 atom stereocenters. The Balaban J connectivity index is 2.10. The van der Waals surface area contributed by atoms with Gasteiger partial charge >= 0.3 is 6.03 Å². The number of fused-ring (bicyclic) bond motifs is 1. The van der Waals surface area contributed by atoms with Gasteiger partial charge in [-0.25, -0.2) is 9.78 Å². The summed E-state index contributed by atoms with van der Waals surface area (Å²) in [6.45, 7) is 4.42. The molecule has 0 aliphatic carbocycles. The van der Waals surface area contributed by atoms with Gasteiger partial charge < -0.3 is 16.0 Å². The van der Waals surface area contributed by atoms with Crippen molar-refractivity contribution in [1.82, 2.24) is 10.3 Å². The van der Waals surface area contributed by atoms with Gasteiger partial charge in [0.25, 0.3) is 0 Å². The van der Waals surface area contributed by atoms with E-state index in [9.17, 15) is 9.59 Å². The highest BCUT2D eigenvalue weighted by Crippen LogP contribution is 2.28. The number of urea groups is 1. The summed E-state index contributed by atoms with van der Waals surface area (Å²) in [6.07, 6.45) is 1.30.